The average molecular weight is 358 g/mol. The first-order valence-corrected chi connectivity index (χ1v) is 6.68. The molecule has 1 aromatic rings. The third kappa shape index (κ3) is 4.27. The number of hydrogen-bond donors (Lipinski definition) is 0. The van der Waals surface area contributed by atoms with Gasteiger partial charge in [-0.25, -0.2) is 0 Å². The highest BCUT2D eigenvalue weighted by molar-refractivity contribution is 14.1. The smallest absolute Gasteiger partial charge is 0.255 e. The average Bonchev–Trinajstić information content (AvgIpc) is 2.39. The number of halogens is 1. The van der Waals surface area contributed by atoms with E-state index in [2.05, 4.69) is 28.7 Å². The van der Waals surface area contributed by atoms with E-state index in [1.807, 2.05) is 18.2 Å². The zero-order chi connectivity index (χ0) is 13.4. The van der Waals surface area contributed by atoms with E-state index >= 15 is 0 Å². The molecule has 0 aromatic heterocycles. The number of rotatable bonds is 6. The minimum absolute atomic E-state index is 0.0488. The Kier molecular flexibility index (Phi) is 6.68. The third-order valence-electron chi connectivity index (χ3n) is 2.45. The summed E-state index contributed by atoms with van der Waals surface area (Å²) in [6.07, 6.45) is 0.332. The molecule has 0 atom stereocenters. The van der Waals surface area contributed by atoms with E-state index in [1.54, 1.807) is 18.1 Å². The van der Waals surface area contributed by atoms with Crippen LogP contribution in [0.1, 0.15) is 16.8 Å². The van der Waals surface area contributed by atoms with Gasteiger partial charge in [-0.15, -0.1) is 0 Å². The molecule has 0 heterocycles. The van der Waals surface area contributed by atoms with Crippen LogP contribution in [0.15, 0.2) is 24.3 Å². The fraction of sp³-hybridized carbons (Fsp3) is 0.385. The van der Waals surface area contributed by atoms with E-state index in [4.69, 9.17) is 10.00 Å². The topological polar surface area (TPSA) is 53.3 Å². The number of nitriles is 1. The molecule has 0 saturated heterocycles. The van der Waals surface area contributed by atoms with Crippen LogP contribution >= 0.6 is 22.6 Å². The Balaban J connectivity index is 2.81. The van der Waals surface area contributed by atoms with Crippen LogP contribution in [0.4, 0.5) is 0 Å². The molecular weight excluding hydrogens is 343 g/mol. The van der Waals surface area contributed by atoms with Crippen molar-refractivity contribution in [3.8, 4) is 6.07 Å². The van der Waals surface area contributed by atoms with Crippen molar-refractivity contribution in [1.82, 2.24) is 4.90 Å². The zero-order valence-electron chi connectivity index (χ0n) is 10.2. The Morgan fingerprint density at radius 1 is 1.44 bits per heavy atom. The largest absolute Gasteiger partial charge is 0.383 e. The van der Waals surface area contributed by atoms with Crippen LogP contribution in [0.2, 0.25) is 0 Å². The molecule has 0 radical (unpaired) electrons. The van der Waals surface area contributed by atoms with Crippen LogP contribution in [0, 0.1) is 14.9 Å². The standard InChI is InChI=1S/C13H15IN2O2/c1-18-10-9-16(8-4-7-15)13(17)11-5-2-3-6-12(11)14/h2-3,5-6H,4,8-10H2,1H3. The van der Waals surface area contributed by atoms with Crippen LogP contribution in [0.25, 0.3) is 0 Å². The summed E-state index contributed by atoms with van der Waals surface area (Å²) in [7, 11) is 1.60. The number of benzene rings is 1. The maximum Gasteiger partial charge on any atom is 0.255 e. The molecule has 1 amide bonds. The first kappa shape index (κ1) is 14.9. The molecule has 96 valence electrons. The van der Waals surface area contributed by atoms with Gasteiger partial charge in [0.15, 0.2) is 0 Å². The monoisotopic (exact) mass is 358 g/mol. The first-order valence-electron chi connectivity index (χ1n) is 5.60. The van der Waals surface area contributed by atoms with Gasteiger partial charge in [0.05, 0.1) is 24.7 Å². The van der Waals surface area contributed by atoms with Crippen molar-refractivity contribution in [2.75, 3.05) is 26.8 Å². The lowest BCUT2D eigenvalue weighted by Crippen LogP contribution is -2.35. The molecule has 4 nitrogen and oxygen atoms in total. The van der Waals surface area contributed by atoms with Gasteiger partial charge in [0, 0.05) is 23.8 Å². The highest BCUT2D eigenvalue weighted by Gasteiger charge is 2.17. The van der Waals surface area contributed by atoms with Crippen molar-refractivity contribution in [3.05, 3.63) is 33.4 Å². The molecule has 0 N–H and O–H groups in total. The second-order valence-corrected chi connectivity index (χ2v) is 4.84. The molecule has 1 aromatic carbocycles. The number of methoxy groups -OCH3 is 1. The fourth-order valence-corrected chi connectivity index (χ4v) is 2.12. The van der Waals surface area contributed by atoms with Crippen molar-refractivity contribution < 1.29 is 9.53 Å². The zero-order valence-corrected chi connectivity index (χ0v) is 12.4. The van der Waals surface area contributed by atoms with Gasteiger partial charge in [0.1, 0.15) is 0 Å². The van der Waals surface area contributed by atoms with Gasteiger partial charge in [0.25, 0.3) is 5.91 Å². The summed E-state index contributed by atoms with van der Waals surface area (Å²) in [5.41, 5.74) is 0.673. The van der Waals surface area contributed by atoms with E-state index in [0.29, 0.717) is 31.7 Å². The van der Waals surface area contributed by atoms with Crippen molar-refractivity contribution in [2.24, 2.45) is 0 Å². The molecule has 1 rings (SSSR count). The summed E-state index contributed by atoms with van der Waals surface area (Å²) in [6.45, 7) is 1.41. The van der Waals surface area contributed by atoms with Gasteiger partial charge >= 0.3 is 0 Å². The highest BCUT2D eigenvalue weighted by Crippen LogP contribution is 2.14. The van der Waals surface area contributed by atoms with Crippen LogP contribution in [0.5, 0.6) is 0 Å². The van der Waals surface area contributed by atoms with Gasteiger partial charge in [-0.2, -0.15) is 5.26 Å². The molecular formula is C13H15IN2O2. The normalized spacial score (nSPS) is 9.83. The van der Waals surface area contributed by atoms with Gasteiger partial charge < -0.3 is 9.64 Å². The molecule has 0 spiro atoms. The molecule has 0 unspecified atom stereocenters. The van der Waals surface area contributed by atoms with Crippen LogP contribution in [0.3, 0.4) is 0 Å². The summed E-state index contributed by atoms with van der Waals surface area (Å²) in [4.78, 5) is 14.0. The maximum absolute atomic E-state index is 12.3. The molecule has 18 heavy (non-hydrogen) atoms. The van der Waals surface area contributed by atoms with E-state index in [-0.39, 0.29) is 5.91 Å². The SMILES string of the molecule is COCCN(CCC#N)C(=O)c1ccccc1I. The summed E-state index contributed by atoms with van der Waals surface area (Å²) < 4.78 is 5.91. The minimum atomic E-state index is -0.0488. The number of ether oxygens (including phenoxy) is 1. The fourth-order valence-electron chi connectivity index (χ4n) is 1.51. The Labute approximate surface area is 121 Å². The Hall–Kier alpha value is -1.13. The quantitative estimate of drug-likeness (QED) is 0.734. The van der Waals surface area contributed by atoms with E-state index in [0.717, 1.165) is 3.57 Å². The van der Waals surface area contributed by atoms with Crippen molar-refractivity contribution in [2.45, 2.75) is 6.42 Å². The van der Waals surface area contributed by atoms with Crippen molar-refractivity contribution in [1.29, 1.82) is 5.26 Å². The van der Waals surface area contributed by atoms with Crippen LogP contribution < -0.4 is 0 Å². The Morgan fingerprint density at radius 2 is 2.17 bits per heavy atom. The second kappa shape index (κ2) is 8.06. The Morgan fingerprint density at radius 3 is 2.78 bits per heavy atom. The maximum atomic E-state index is 12.3. The lowest BCUT2D eigenvalue weighted by atomic mass is 10.2. The molecule has 0 saturated carbocycles. The van der Waals surface area contributed by atoms with Gasteiger partial charge in [-0.1, -0.05) is 12.1 Å². The van der Waals surface area contributed by atoms with Gasteiger partial charge in [-0.3, -0.25) is 4.79 Å². The van der Waals surface area contributed by atoms with Gasteiger partial charge in [-0.05, 0) is 34.7 Å². The van der Waals surface area contributed by atoms with Crippen molar-refractivity contribution >= 4 is 28.5 Å². The van der Waals surface area contributed by atoms with Crippen molar-refractivity contribution in [3.63, 3.8) is 0 Å². The molecule has 5 heteroatoms. The number of nitrogens with zero attached hydrogens (tertiary/aromatic N) is 2. The molecule has 0 bridgehead atoms. The minimum Gasteiger partial charge on any atom is -0.383 e. The molecule has 0 aliphatic rings. The molecule has 0 fully saturated rings. The molecule has 0 aliphatic heterocycles. The second-order valence-electron chi connectivity index (χ2n) is 3.67. The number of carbonyl (C=O) groups excluding carboxylic acids is 1. The number of hydrogen-bond acceptors (Lipinski definition) is 3. The lowest BCUT2D eigenvalue weighted by Gasteiger charge is -2.21. The van der Waals surface area contributed by atoms with Crippen LogP contribution in [-0.4, -0.2) is 37.6 Å². The number of amides is 1. The summed E-state index contributed by atoms with van der Waals surface area (Å²) >= 11 is 2.14. The summed E-state index contributed by atoms with van der Waals surface area (Å²) in [6, 6.07) is 9.49. The van der Waals surface area contributed by atoms with E-state index in [1.165, 1.54) is 0 Å². The Bertz CT molecular complexity index is 443. The van der Waals surface area contributed by atoms with E-state index in [9.17, 15) is 4.79 Å². The van der Waals surface area contributed by atoms with Crippen LogP contribution in [-0.2, 0) is 4.74 Å². The van der Waals surface area contributed by atoms with Gasteiger partial charge in [0.2, 0.25) is 0 Å². The predicted octanol–water partition coefficient (Wildman–Crippen LogP) is 2.29. The lowest BCUT2D eigenvalue weighted by molar-refractivity contribution is 0.0699. The first-order chi connectivity index (χ1) is 8.70. The molecule has 0 aliphatic carbocycles. The summed E-state index contributed by atoms with van der Waals surface area (Å²) in [5.74, 6) is -0.0488. The summed E-state index contributed by atoms with van der Waals surface area (Å²) in [5, 5.41) is 8.63. The number of carbonyl (C=O) groups is 1. The highest BCUT2D eigenvalue weighted by atomic mass is 127. The third-order valence-corrected chi connectivity index (χ3v) is 3.39. The van der Waals surface area contributed by atoms with E-state index < -0.39 is 0 Å². The predicted molar refractivity (Wildman–Crippen MR) is 77.2 cm³/mol.